The van der Waals surface area contributed by atoms with Crippen molar-refractivity contribution in [3.63, 3.8) is 0 Å². The number of aliphatic hydroxyl groups is 1. The van der Waals surface area contributed by atoms with E-state index in [2.05, 4.69) is 12.1 Å². The van der Waals surface area contributed by atoms with Crippen molar-refractivity contribution in [2.75, 3.05) is 7.11 Å². The van der Waals surface area contributed by atoms with E-state index in [1.54, 1.807) is 7.11 Å². The van der Waals surface area contributed by atoms with Crippen LogP contribution in [0.2, 0.25) is 0 Å². The van der Waals surface area contributed by atoms with Crippen LogP contribution in [0, 0.1) is 11.8 Å². The fraction of sp³-hybridized carbons (Fsp3) is 0.476. The van der Waals surface area contributed by atoms with Crippen molar-refractivity contribution in [3.05, 3.63) is 47.3 Å². The van der Waals surface area contributed by atoms with Gasteiger partial charge in [0.2, 0.25) is 0 Å². The molecule has 2 aromatic rings. The van der Waals surface area contributed by atoms with Crippen LogP contribution in [-0.2, 0) is 11.3 Å². The maximum Gasteiger partial charge on any atom is 0.173 e. The van der Waals surface area contributed by atoms with Gasteiger partial charge in [0, 0.05) is 18.7 Å². The highest BCUT2D eigenvalue weighted by molar-refractivity contribution is 5.70. The standard InChI is InChI=1S/C21H28N2O4/c1-14(15-7-8-15)11-19(24)21(22)26-20-6-4-3-5-16(20)9-10-18-12-17(13-25-2)23-27-18/h3-6,9-10,12,14-15,19,21,24H,7-8,11,13,22H2,1-2H3. The van der Waals surface area contributed by atoms with Gasteiger partial charge < -0.3 is 19.1 Å². The van der Waals surface area contributed by atoms with E-state index in [0.717, 1.165) is 17.2 Å². The molecule has 3 atom stereocenters. The fourth-order valence-corrected chi connectivity index (χ4v) is 3.12. The van der Waals surface area contributed by atoms with E-state index in [1.807, 2.05) is 42.5 Å². The van der Waals surface area contributed by atoms with Gasteiger partial charge in [0.1, 0.15) is 17.5 Å². The van der Waals surface area contributed by atoms with E-state index in [-0.39, 0.29) is 0 Å². The number of benzene rings is 1. The zero-order valence-corrected chi connectivity index (χ0v) is 15.9. The van der Waals surface area contributed by atoms with Gasteiger partial charge in [-0.25, -0.2) is 0 Å². The highest BCUT2D eigenvalue weighted by Crippen LogP contribution is 2.39. The molecule has 1 aromatic heterocycles. The molecule has 6 heteroatoms. The van der Waals surface area contributed by atoms with Crippen LogP contribution in [0.15, 0.2) is 34.9 Å². The molecule has 27 heavy (non-hydrogen) atoms. The van der Waals surface area contributed by atoms with E-state index in [0.29, 0.717) is 30.5 Å². The second-order valence-corrected chi connectivity index (χ2v) is 7.23. The topological polar surface area (TPSA) is 90.7 Å². The molecule has 1 saturated carbocycles. The molecule has 1 aliphatic carbocycles. The summed E-state index contributed by atoms with van der Waals surface area (Å²) in [5, 5.41) is 14.3. The molecule has 3 unspecified atom stereocenters. The van der Waals surface area contributed by atoms with Crippen molar-refractivity contribution >= 4 is 12.2 Å². The highest BCUT2D eigenvalue weighted by Gasteiger charge is 2.31. The van der Waals surface area contributed by atoms with Gasteiger partial charge in [-0.3, -0.25) is 5.73 Å². The highest BCUT2D eigenvalue weighted by atomic mass is 16.5. The molecule has 0 aliphatic heterocycles. The third-order valence-electron chi connectivity index (χ3n) is 4.90. The minimum atomic E-state index is -0.765. The lowest BCUT2D eigenvalue weighted by Gasteiger charge is -2.23. The van der Waals surface area contributed by atoms with Crippen molar-refractivity contribution in [1.29, 1.82) is 0 Å². The molecule has 3 N–H and O–H groups in total. The molecule has 1 fully saturated rings. The first-order chi connectivity index (χ1) is 13.1. The lowest BCUT2D eigenvalue weighted by Crippen LogP contribution is -2.41. The Labute approximate surface area is 159 Å². The van der Waals surface area contributed by atoms with Crippen LogP contribution in [0.25, 0.3) is 12.2 Å². The molecule has 6 nitrogen and oxygen atoms in total. The van der Waals surface area contributed by atoms with Gasteiger partial charge in [-0.1, -0.05) is 30.3 Å². The van der Waals surface area contributed by atoms with Crippen molar-refractivity contribution in [2.45, 2.75) is 45.1 Å². The summed E-state index contributed by atoms with van der Waals surface area (Å²) in [6.45, 7) is 2.57. The zero-order valence-electron chi connectivity index (χ0n) is 15.9. The molecule has 3 rings (SSSR count). The summed E-state index contributed by atoms with van der Waals surface area (Å²) in [5.74, 6) is 2.44. The zero-order chi connectivity index (χ0) is 19.2. The Morgan fingerprint density at radius 1 is 1.33 bits per heavy atom. The van der Waals surface area contributed by atoms with Gasteiger partial charge in [0.05, 0.1) is 6.61 Å². The molecule has 1 aromatic carbocycles. The Bertz CT molecular complexity index is 754. The first kappa shape index (κ1) is 19.6. The number of aliphatic hydroxyl groups excluding tert-OH is 1. The van der Waals surface area contributed by atoms with Gasteiger partial charge in [0.25, 0.3) is 0 Å². The van der Waals surface area contributed by atoms with Gasteiger partial charge >= 0.3 is 0 Å². The predicted molar refractivity (Wildman–Crippen MR) is 104 cm³/mol. The number of methoxy groups -OCH3 is 1. The molecule has 146 valence electrons. The lowest BCUT2D eigenvalue weighted by atomic mass is 9.98. The van der Waals surface area contributed by atoms with Crippen LogP contribution in [0.1, 0.15) is 43.2 Å². The summed E-state index contributed by atoms with van der Waals surface area (Å²) in [5.41, 5.74) is 7.67. The number of hydrogen-bond acceptors (Lipinski definition) is 6. The number of para-hydroxylation sites is 1. The summed E-state index contributed by atoms with van der Waals surface area (Å²) in [4.78, 5) is 0. The Kier molecular flexibility index (Phi) is 6.66. The smallest absolute Gasteiger partial charge is 0.173 e. The molecule has 0 radical (unpaired) electrons. The molecule has 0 spiro atoms. The van der Waals surface area contributed by atoms with E-state index < -0.39 is 12.3 Å². The van der Waals surface area contributed by atoms with Crippen LogP contribution in [-0.4, -0.2) is 29.7 Å². The largest absolute Gasteiger partial charge is 0.472 e. The van der Waals surface area contributed by atoms with Gasteiger partial charge in [-0.05, 0) is 49.3 Å². The first-order valence-corrected chi connectivity index (χ1v) is 9.38. The predicted octanol–water partition coefficient (Wildman–Crippen LogP) is 3.45. The van der Waals surface area contributed by atoms with Crippen LogP contribution in [0.4, 0.5) is 0 Å². The van der Waals surface area contributed by atoms with Crippen molar-refractivity contribution in [1.82, 2.24) is 5.16 Å². The maximum atomic E-state index is 10.4. The fourth-order valence-electron chi connectivity index (χ4n) is 3.12. The van der Waals surface area contributed by atoms with Crippen LogP contribution < -0.4 is 10.5 Å². The van der Waals surface area contributed by atoms with E-state index in [9.17, 15) is 5.11 Å². The Morgan fingerprint density at radius 3 is 2.85 bits per heavy atom. The number of ether oxygens (including phenoxy) is 2. The summed E-state index contributed by atoms with van der Waals surface area (Å²) in [6.07, 6.45) is 5.40. The molecular weight excluding hydrogens is 344 g/mol. The normalized spacial score (nSPS) is 17.8. The molecule has 1 aliphatic rings. The first-order valence-electron chi connectivity index (χ1n) is 9.38. The molecule has 1 heterocycles. The van der Waals surface area contributed by atoms with E-state index >= 15 is 0 Å². The summed E-state index contributed by atoms with van der Waals surface area (Å²) >= 11 is 0. The van der Waals surface area contributed by atoms with Crippen LogP contribution in [0.3, 0.4) is 0 Å². The van der Waals surface area contributed by atoms with Gasteiger partial charge in [-0.2, -0.15) is 0 Å². The third kappa shape index (κ3) is 5.66. The Morgan fingerprint density at radius 2 is 2.11 bits per heavy atom. The summed E-state index contributed by atoms with van der Waals surface area (Å²) < 4.78 is 16.1. The number of nitrogens with zero attached hydrogens (tertiary/aromatic N) is 1. The summed E-state index contributed by atoms with van der Waals surface area (Å²) in [6, 6.07) is 9.37. The maximum absolute atomic E-state index is 10.4. The van der Waals surface area contributed by atoms with E-state index in [1.165, 1.54) is 12.8 Å². The van der Waals surface area contributed by atoms with Gasteiger partial charge in [-0.15, -0.1) is 0 Å². The van der Waals surface area contributed by atoms with Crippen LogP contribution >= 0.6 is 0 Å². The molecule has 0 amide bonds. The number of nitrogens with two attached hydrogens (primary N) is 1. The Balaban J connectivity index is 1.62. The second kappa shape index (κ2) is 9.17. The minimum absolute atomic E-state index is 0.406. The molecule has 0 bridgehead atoms. The Hall–Kier alpha value is -2.15. The van der Waals surface area contributed by atoms with Crippen LogP contribution in [0.5, 0.6) is 5.75 Å². The van der Waals surface area contributed by atoms with E-state index in [4.69, 9.17) is 19.7 Å². The lowest BCUT2D eigenvalue weighted by molar-refractivity contribution is 0.0233. The van der Waals surface area contributed by atoms with Crippen molar-refractivity contribution in [2.24, 2.45) is 17.6 Å². The number of hydrogen-bond donors (Lipinski definition) is 2. The van der Waals surface area contributed by atoms with Crippen molar-refractivity contribution in [3.8, 4) is 5.75 Å². The summed E-state index contributed by atoms with van der Waals surface area (Å²) in [7, 11) is 1.61. The van der Waals surface area contributed by atoms with Crippen molar-refractivity contribution < 1.29 is 19.1 Å². The average Bonchev–Trinajstić information content (AvgIpc) is 3.42. The average molecular weight is 372 g/mol. The quantitative estimate of drug-likeness (QED) is 0.621. The second-order valence-electron chi connectivity index (χ2n) is 7.23. The molecule has 0 saturated heterocycles. The molecular formula is C21H28N2O4. The monoisotopic (exact) mass is 372 g/mol. The van der Waals surface area contributed by atoms with Gasteiger partial charge in [0.15, 0.2) is 12.0 Å². The minimum Gasteiger partial charge on any atom is -0.472 e. The SMILES string of the molecule is COCc1cc(C=Cc2ccccc2OC(N)C(O)CC(C)C2CC2)on1. The number of aromatic nitrogens is 1. The number of rotatable bonds is 10. The third-order valence-corrected chi connectivity index (χ3v) is 4.90.